The topological polar surface area (TPSA) is 65.3 Å². The van der Waals surface area contributed by atoms with Crippen molar-refractivity contribution in [2.45, 2.75) is 89.7 Å². The highest BCUT2D eigenvalue weighted by Gasteiger charge is 2.58. The van der Waals surface area contributed by atoms with Crippen LogP contribution in [0.1, 0.15) is 83.6 Å². The Morgan fingerprint density at radius 3 is 2.71 bits per heavy atom. The van der Waals surface area contributed by atoms with Crippen molar-refractivity contribution in [2.75, 3.05) is 19.0 Å². The molecule has 4 nitrogen and oxygen atoms in total. The molecule has 4 fully saturated rings. The Labute approximate surface area is 206 Å². The Balaban J connectivity index is 1.30. The molecule has 5 rings (SSSR count). The van der Waals surface area contributed by atoms with Crippen molar-refractivity contribution in [3.8, 4) is 6.07 Å². The van der Waals surface area contributed by atoms with Crippen LogP contribution in [0.4, 0.5) is 5.69 Å². The Morgan fingerprint density at radius 1 is 1.12 bits per heavy atom. The van der Waals surface area contributed by atoms with Crippen LogP contribution in [0.3, 0.4) is 0 Å². The van der Waals surface area contributed by atoms with Gasteiger partial charge in [0.15, 0.2) is 0 Å². The van der Waals surface area contributed by atoms with Crippen molar-refractivity contribution in [1.82, 2.24) is 0 Å². The second-order valence-corrected chi connectivity index (χ2v) is 12.4. The highest BCUT2D eigenvalue weighted by molar-refractivity contribution is 5.50. The second kappa shape index (κ2) is 9.47. The summed E-state index contributed by atoms with van der Waals surface area (Å²) in [5, 5.41) is 24.2. The third-order valence-electron chi connectivity index (χ3n) is 10.9. The van der Waals surface area contributed by atoms with Gasteiger partial charge in [0.05, 0.1) is 23.8 Å². The summed E-state index contributed by atoms with van der Waals surface area (Å²) in [4.78, 5) is 0. The third kappa shape index (κ3) is 4.18. The number of aliphatic hydroxyl groups is 1. The number of rotatable bonds is 6. The lowest BCUT2D eigenvalue weighted by atomic mass is 9.48. The lowest BCUT2D eigenvalue weighted by molar-refractivity contribution is -0.124. The van der Waals surface area contributed by atoms with Crippen molar-refractivity contribution in [1.29, 1.82) is 5.26 Å². The fourth-order valence-corrected chi connectivity index (χ4v) is 9.44. The normalized spacial score (nSPS) is 42.1. The quantitative estimate of drug-likeness (QED) is 0.511. The summed E-state index contributed by atoms with van der Waals surface area (Å²) in [6.07, 6.45) is 12.3. The molecule has 0 radical (unpaired) electrons. The monoisotopic (exact) mass is 464 g/mol. The SMILES string of the molecule is CC[C@H](Nc1cccc(C#N)c1)[C@H]1CC[C@H]2[C@@H]3CC[C@@H]4C[C@@](O)(COC)CC[C@@H]4[C@H]3CC[C@]12C. The summed E-state index contributed by atoms with van der Waals surface area (Å²) in [7, 11) is 1.72. The standard InChI is InChI=1S/C30H44N2O2/c1-4-28(32-22-7-5-6-20(16-22)18-31)27-11-10-26-25-9-8-21-17-30(33,19-34-3)15-13-23(21)24(25)12-14-29(26,27)2/h5-7,16,21,23-28,32-33H,4,8-15,17,19H2,1-3H3/t21-,23+,24-,25-,26+,27-,28+,29+,30-/m1/s1. The smallest absolute Gasteiger partial charge is 0.0992 e. The van der Waals surface area contributed by atoms with Crippen LogP contribution in [0.15, 0.2) is 24.3 Å². The molecule has 1 aromatic carbocycles. The highest BCUT2D eigenvalue weighted by Crippen LogP contribution is 2.65. The minimum absolute atomic E-state index is 0.417. The van der Waals surface area contributed by atoms with E-state index in [0.29, 0.717) is 29.9 Å². The largest absolute Gasteiger partial charge is 0.387 e. The minimum atomic E-state index is -0.590. The van der Waals surface area contributed by atoms with Gasteiger partial charge in [0.25, 0.3) is 0 Å². The van der Waals surface area contributed by atoms with Crippen LogP contribution in [-0.2, 0) is 4.74 Å². The average molecular weight is 465 g/mol. The van der Waals surface area contributed by atoms with Crippen LogP contribution in [0.2, 0.25) is 0 Å². The van der Waals surface area contributed by atoms with Gasteiger partial charge in [-0.15, -0.1) is 0 Å². The van der Waals surface area contributed by atoms with E-state index in [0.717, 1.165) is 54.2 Å². The lowest BCUT2D eigenvalue weighted by Crippen LogP contribution is -2.52. The molecule has 0 heterocycles. The molecule has 2 N–H and O–H groups in total. The van der Waals surface area contributed by atoms with E-state index in [1.54, 1.807) is 7.11 Å². The van der Waals surface area contributed by atoms with Gasteiger partial charge in [0.1, 0.15) is 0 Å². The second-order valence-electron chi connectivity index (χ2n) is 12.4. The molecule has 4 aliphatic rings. The molecule has 4 heteroatoms. The number of methoxy groups -OCH3 is 1. The number of nitrogens with zero attached hydrogens (tertiary/aromatic N) is 1. The zero-order valence-electron chi connectivity index (χ0n) is 21.4. The van der Waals surface area contributed by atoms with Crippen LogP contribution < -0.4 is 5.32 Å². The molecular formula is C30H44N2O2. The van der Waals surface area contributed by atoms with E-state index in [9.17, 15) is 10.4 Å². The molecule has 0 bridgehead atoms. The van der Waals surface area contributed by atoms with E-state index in [2.05, 4.69) is 31.3 Å². The number of anilines is 1. The first kappa shape index (κ1) is 24.1. The number of benzene rings is 1. The molecule has 0 saturated heterocycles. The molecule has 34 heavy (non-hydrogen) atoms. The molecule has 186 valence electrons. The number of nitriles is 1. The molecule has 9 atom stereocenters. The van der Waals surface area contributed by atoms with Crippen LogP contribution in [0.5, 0.6) is 0 Å². The molecular weight excluding hydrogens is 420 g/mol. The third-order valence-corrected chi connectivity index (χ3v) is 10.9. The molecule has 4 saturated carbocycles. The van der Waals surface area contributed by atoms with E-state index >= 15 is 0 Å². The number of ether oxygens (including phenoxy) is 1. The summed E-state index contributed by atoms with van der Waals surface area (Å²) in [6, 6.07) is 10.8. The Bertz CT molecular complexity index is 911. The van der Waals surface area contributed by atoms with Crippen molar-refractivity contribution < 1.29 is 9.84 Å². The van der Waals surface area contributed by atoms with Crippen molar-refractivity contribution in [2.24, 2.45) is 40.9 Å². The Kier molecular flexibility index (Phi) is 6.73. The molecule has 1 aromatic rings. The zero-order valence-corrected chi connectivity index (χ0v) is 21.4. The van der Waals surface area contributed by atoms with E-state index in [1.165, 1.54) is 44.9 Å². The summed E-state index contributed by atoms with van der Waals surface area (Å²) in [5.41, 5.74) is 1.66. The first-order chi connectivity index (χ1) is 16.4. The molecule has 4 aliphatic carbocycles. The van der Waals surface area contributed by atoms with Gasteiger partial charge in [-0.25, -0.2) is 0 Å². The van der Waals surface area contributed by atoms with E-state index in [4.69, 9.17) is 4.74 Å². The molecule has 0 aromatic heterocycles. The highest BCUT2D eigenvalue weighted by atomic mass is 16.5. The lowest BCUT2D eigenvalue weighted by Gasteiger charge is -2.57. The predicted octanol–water partition coefficient (Wildman–Crippen LogP) is 6.40. The number of hydrogen-bond donors (Lipinski definition) is 2. The summed E-state index contributed by atoms with van der Waals surface area (Å²) >= 11 is 0. The first-order valence-corrected chi connectivity index (χ1v) is 13.9. The van der Waals surface area contributed by atoms with Gasteiger partial charge in [-0.05, 0) is 123 Å². The maximum atomic E-state index is 11.0. The molecule has 0 unspecified atom stereocenters. The van der Waals surface area contributed by atoms with Crippen LogP contribution in [0.25, 0.3) is 0 Å². The van der Waals surface area contributed by atoms with Gasteiger partial charge in [-0.2, -0.15) is 5.26 Å². The average Bonchev–Trinajstić information content (AvgIpc) is 3.19. The van der Waals surface area contributed by atoms with Crippen molar-refractivity contribution >= 4 is 5.69 Å². The number of fused-ring (bicyclic) bond motifs is 5. The van der Waals surface area contributed by atoms with Gasteiger partial charge in [0, 0.05) is 18.8 Å². The molecule has 0 spiro atoms. The summed E-state index contributed by atoms with van der Waals surface area (Å²) in [5.74, 6) is 4.78. The predicted molar refractivity (Wildman–Crippen MR) is 136 cm³/mol. The van der Waals surface area contributed by atoms with Gasteiger partial charge < -0.3 is 15.2 Å². The fourth-order valence-electron chi connectivity index (χ4n) is 9.44. The molecule has 0 amide bonds. The van der Waals surface area contributed by atoms with Crippen LogP contribution >= 0.6 is 0 Å². The van der Waals surface area contributed by atoms with Crippen LogP contribution in [-0.4, -0.2) is 30.5 Å². The van der Waals surface area contributed by atoms with Crippen LogP contribution in [0, 0.1) is 52.3 Å². The summed E-state index contributed by atoms with van der Waals surface area (Å²) < 4.78 is 5.37. The maximum Gasteiger partial charge on any atom is 0.0992 e. The fraction of sp³-hybridized carbons (Fsp3) is 0.767. The van der Waals surface area contributed by atoms with Crippen molar-refractivity contribution in [3.63, 3.8) is 0 Å². The van der Waals surface area contributed by atoms with E-state index < -0.39 is 5.60 Å². The van der Waals surface area contributed by atoms with Gasteiger partial charge in [0.2, 0.25) is 0 Å². The number of nitrogens with one attached hydrogen (secondary N) is 1. The number of hydrogen-bond acceptors (Lipinski definition) is 4. The van der Waals surface area contributed by atoms with E-state index in [1.807, 2.05) is 18.2 Å². The molecule has 0 aliphatic heterocycles. The van der Waals surface area contributed by atoms with Crippen molar-refractivity contribution in [3.05, 3.63) is 29.8 Å². The van der Waals surface area contributed by atoms with Gasteiger partial charge in [-0.3, -0.25) is 0 Å². The Hall–Kier alpha value is -1.57. The first-order valence-electron chi connectivity index (χ1n) is 13.9. The Morgan fingerprint density at radius 2 is 1.94 bits per heavy atom. The van der Waals surface area contributed by atoms with Gasteiger partial charge in [-0.1, -0.05) is 19.9 Å². The maximum absolute atomic E-state index is 11.0. The van der Waals surface area contributed by atoms with E-state index in [-0.39, 0.29) is 0 Å². The summed E-state index contributed by atoms with van der Waals surface area (Å²) in [6.45, 7) is 5.43. The minimum Gasteiger partial charge on any atom is -0.387 e. The zero-order chi connectivity index (χ0) is 23.9. The van der Waals surface area contributed by atoms with Gasteiger partial charge >= 0.3 is 0 Å².